The van der Waals surface area contributed by atoms with Crippen molar-refractivity contribution in [3.63, 3.8) is 0 Å². The molecule has 0 saturated carbocycles. The zero-order valence-electron chi connectivity index (χ0n) is 28.2. The first-order valence-corrected chi connectivity index (χ1v) is 19.9. The third kappa shape index (κ3) is 6.81. The van der Waals surface area contributed by atoms with E-state index in [1.54, 1.807) is 12.1 Å². The summed E-state index contributed by atoms with van der Waals surface area (Å²) in [6.45, 7) is 17.1. The zero-order chi connectivity index (χ0) is 34.0. The summed E-state index contributed by atoms with van der Waals surface area (Å²) < 4.78 is 51.8. The number of nitrogens with zero attached hydrogens (tertiary/aromatic N) is 2. The molecule has 0 amide bonds. The summed E-state index contributed by atoms with van der Waals surface area (Å²) in [5.74, 6) is -1.15. The molecule has 2 fully saturated rings. The SMILES string of the molecule is COC(=O)c1ncn([C@@H]2O[C@@H]3CO[Si](C(C)C)(C(C)C)O[Si](C(C)C)(C(C)C)O[C@H]3[C@H]2OC(=S)Oc2ccccc2)c1C(=O)OC. The van der Waals surface area contributed by atoms with Gasteiger partial charge in [0, 0.05) is 12.2 Å². The number of ether oxygens (including phenoxy) is 5. The summed E-state index contributed by atoms with van der Waals surface area (Å²) in [5.41, 5.74) is -0.111. The van der Waals surface area contributed by atoms with Gasteiger partial charge in [-0.25, -0.2) is 14.6 Å². The Bertz CT molecular complexity index is 1370. The van der Waals surface area contributed by atoms with Crippen molar-refractivity contribution in [3.05, 3.63) is 48.0 Å². The highest BCUT2D eigenvalue weighted by molar-refractivity contribution is 7.79. The fraction of sp³-hybridized carbons (Fsp3) is 0.613. The van der Waals surface area contributed by atoms with Crippen molar-refractivity contribution in [2.45, 2.75) is 102 Å². The van der Waals surface area contributed by atoms with Crippen molar-refractivity contribution in [1.29, 1.82) is 0 Å². The lowest BCUT2D eigenvalue weighted by molar-refractivity contribution is -0.0591. The second kappa shape index (κ2) is 14.6. The van der Waals surface area contributed by atoms with Gasteiger partial charge in [0.1, 0.15) is 18.0 Å². The van der Waals surface area contributed by atoms with Crippen molar-refractivity contribution >= 4 is 46.5 Å². The predicted octanol–water partition coefficient (Wildman–Crippen LogP) is 6.06. The standard InChI is InChI=1S/C31H46N2O10SSi2/c1-18(2)45(19(3)4)38-16-23-26(42-46(43-45,20(5)6)21(7)8)27(41-31(44)39-22-14-12-11-13-15-22)28(40-23)33-17-32-24(29(34)36-9)25(33)30(35)37-10/h11-15,17-21,23,26-28H,16H2,1-10H3/t23-,26-,27-,28-/m1/s1. The Kier molecular flexibility index (Phi) is 11.5. The number of fused-ring (bicyclic) bond motifs is 1. The summed E-state index contributed by atoms with van der Waals surface area (Å²) >= 11 is 5.58. The summed E-state index contributed by atoms with van der Waals surface area (Å²) in [7, 11) is -3.60. The molecule has 0 unspecified atom stereocenters. The number of carbonyl (C=O) groups is 2. The molecule has 46 heavy (non-hydrogen) atoms. The van der Waals surface area contributed by atoms with Crippen LogP contribution in [0.3, 0.4) is 0 Å². The van der Waals surface area contributed by atoms with E-state index in [4.69, 9.17) is 48.9 Å². The van der Waals surface area contributed by atoms with Crippen LogP contribution in [0.1, 0.15) is 82.6 Å². The Morgan fingerprint density at radius 1 is 0.913 bits per heavy atom. The van der Waals surface area contributed by atoms with Gasteiger partial charge in [-0.3, -0.25) is 4.57 Å². The number of benzene rings is 1. The monoisotopic (exact) mass is 694 g/mol. The molecule has 0 aliphatic carbocycles. The van der Waals surface area contributed by atoms with Gasteiger partial charge in [-0.1, -0.05) is 73.6 Å². The molecule has 0 spiro atoms. The van der Waals surface area contributed by atoms with Gasteiger partial charge < -0.3 is 36.7 Å². The molecule has 15 heteroatoms. The minimum atomic E-state index is -3.12. The number of methoxy groups -OCH3 is 2. The van der Waals surface area contributed by atoms with Gasteiger partial charge in [0.15, 0.2) is 23.7 Å². The molecule has 4 rings (SSSR count). The van der Waals surface area contributed by atoms with E-state index in [0.29, 0.717) is 5.75 Å². The summed E-state index contributed by atoms with van der Waals surface area (Å²) in [6.07, 6.45) is -2.16. The third-order valence-electron chi connectivity index (χ3n) is 8.62. The highest BCUT2D eigenvalue weighted by atomic mass is 32.1. The number of imidazole rings is 1. The molecular formula is C31H46N2O10SSi2. The van der Waals surface area contributed by atoms with Gasteiger partial charge >= 0.3 is 34.3 Å². The van der Waals surface area contributed by atoms with Gasteiger partial charge in [-0.05, 0) is 34.3 Å². The second-order valence-electron chi connectivity index (χ2n) is 12.7. The van der Waals surface area contributed by atoms with E-state index >= 15 is 0 Å². The van der Waals surface area contributed by atoms with Crippen LogP contribution in [0.2, 0.25) is 22.2 Å². The Morgan fingerprint density at radius 2 is 1.50 bits per heavy atom. The molecule has 0 N–H and O–H groups in total. The minimum absolute atomic E-state index is 0.0243. The molecule has 12 nitrogen and oxygen atoms in total. The number of thiocarbonyl (C=S) groups is 1. The Labute approximate surface area is 278 Å². The van der Waals surface area contributed by atoms with Crippen LogP contribution in [-0.4, -0.2) is 83.0 Å². The van der Waals surface area contributed by atoms with Gasteiger partial charge in [0.2, 0.25) is 0 Å². The molecule has 1 aromatic carbocycles. The predicted molar refractivity (Wildman–Crippen MR) is 177 cm³/mol. The molecule has 1 aromatic heterocycles. The second-order valence-corrected chi connectivity index (χ2v) is 21.9. The maximum Gasteiger partial charge on any atom is 0.359 e. The summed E-state index contributed by atoms with van der Waals surface area (Å²) in [5, 5.41) is -0.180. The number of carbonyl (C=O) groups excluding carboxylic acids is 2. The molecule has 2 aliphatic rings. The zero-order valence-corrected chi connectivity index (χ0v) is 31.0. The smallest absolute Gasteiger partial charge is 0.359 e. The van der Waals surface area contributed by atoms with Crippen LogP contribution in [0, 0.1) is 0 Å². The first kappa shape index (κ1) is 36.2. The average Bonchev–Trinajstić information content (AvgIpc) is 3.57. The molecule has 2 saturated heterocycles. The van der Waals surface area contributed by atoms with Crippen LogP contribution >= 0.6 is 12.2 Å². The fourth-order valence-corrected chi connectivity index (χ4v) is 17.7. The maximum atomic E-state index is 13.1. The minimum Gasteiger partial charge on any atom is -0.464 e. The largest absolute Gasteiger partial charge is 0.464 e. The quantitative estimate of drug-likeness (QED) is 0.172. The van der Waals surface area contributed by atoms with Crippen molar-refractivity contribution in [2.75, 3.05) is 20.8 Å². The van der Waals surface area contributed by atoms with E-state index < -0.39 is 53.6 Å². The molecule has 0 radical (unpaired) electrons. The van der Waals surface area contributed by atoms with Crippen LogP contribution in [0.25, 0.3) is 0 Å². The highest BCUT2D eigenvalue weighted by Gasteiger charge is 2.62. The topological polar surface area (TPSA) is 126 Å². The van der Waals surface area contributed by atoms with Crippen LogP contribution in [-0.2, 0) is 31.9 Å². The van der Waals surface area contributed by atoms with E-state index in [2.05, 4.69) is 60.4 Å². The van der Waals surface area contributed by atoms with E-state index in [1.807, 2.05) is 18.2 Å². The lowest BCUT2D eigenvalue weighted by Gasteiger charge is -2.51. The Hall–Kier alpha value is -2.67. The maximum absolute atomic E-state index is 13.1. The lowest BCUT2D eigenvalue weighted by atomic mass is 10.1. The molecule has 254 valence electrons. The average molecular weight is 695 g/mol. The van der Waals surface area contributed by atoms with Gasteiger partial charge in [-0.15, -0.1) is 0 Å². The van der Waals surface area contributed by atoms with Gasteiger partial charge in [0.25, 0.3) is 0 Å². The third-order valence-corrected chi connectivity index (χ3v) is 19.0. The number of hydrogen-bond acceptors (Lipinski definition) is 12. The van der Waals surface area contributed by atoms with Crippen LogP contribution in [0.4, 0.5) is 0 Å². The number of para-hydroxylation sites is 1. The number of hydrogen-bond donors (Lipinski definition) is 0. The van der Waals surface area contributed by atoms with Crippen LogP contribution < -0.4 is 4.74 Å². The normalized spacial score (nSPS) is 24.0. The first-order valence-electron chi connectivity index (χ1n) is 15.6. The van der Waals surface area contributed by atoms with Gasteiger partial charge in [-0.2, -0.15) is 0 Å². The summed E-state index contributed by atoms with van der Waals surface area (Å²) in [6, 6.07) is 8.99. The molecular weight excluding hydrogens is 649 g/mol. The highest BCUT2D eigenvalue weighted by Crippen LogP contribution is 2.49. The molecule has 4 atom stereocenters. The Morgan fingerprint density at radius 3 is 2.04 bits per heavy atom. The van der Waals surface area contributed by atoms with Crippen molar-refractivity contribution < 1.29 is 46.2 Å². The van der Waals surface area contributed by atoms with Crippen LogP contribution in [0.5, 0.6) is 5.75 Å². The van der Waals surface area contributed by atoms with Crippen molar-refractivity contribution in [2.24, 2.45) is 0 Å². The van der Waals surface area contributed by atoms with Gasteiger partial charge in [0.05, 0.1) is 27.2 Å². The van der Waals surface area contributed by atoms with E-state index in [9.17, 15) is 9.59 Å². The summed E-state index contributed by atoms with van der Waals surface area (Å²) in [4.78, 5) is 30.0. The van der Waals surface area contributed by atoms with Crippen molar-refractivity contribution in [1.82, 2.24) is 9.55 Å². The molecule has 0 bridgehead atoms. The van der Waals surface area contributed by atoms with E-state index in [0.717, 1.165) is 0 Å². The number of rotatable bonds is 9. The van der Waals surface area contributed by atoms with E-state index in [1.165, 1.54) is 25.1 Å². The number of aromatic nitrogens is 2. The lowest BCUT2D eigenvalue weighted by Crippen LogP contribution is -2.66. The van der Waals surface area contributed by atoms with E-state index in [-0.39, 0.29) is 45.4 Å². The first-order chi connectivity index (χ1) is 21.7. The molecule has 2 aromatic rings. The number of esters is 2. The molecule has 3 heterocycles. The van der Waals surface area contributed by atoms with Crippen molar-refractivity contribution in [3.8, 4) is 5.75 Å². The Balaban J connectivity index is 1.87. The fourth-order valence-electron chi connectivity index (χ4n) is 6.29. The molecule has 2 aliphatic heterocycles. The van der Waals surface area contributed by atoms with Crippen LogP contribution in [0.15, 0.2) is 36.7 Å².